The van der Waals surface area contributed by atoms with Crippen molar-refractivity contribution >= 4 is 12.3 Å². The number of nitrogens with one attached hydrogen (secondary N) is 2. The molecule has 8 heteroatoms. The monoisotopic (exact) mass is 566 g/mol. The predicted molar refractivity (Wildman–Crippen MR) is 157 cm³/mol. The van der Waals surface area contributed by atoms with Gasteiger partial charge in [-0.05, 0) is 86.1 Å². The van der Waals surface area contributed by atoms with Crippen LogP contribution in [0.4, 0.5) is 0 Å². The molecule has 1 saturated heterocycles. The number of rotatable bonds is 12. The Labute approximate surface area is 243 Å². The summed E-state index contributed by atoms with van der Waals surface area (Å²) in [5.41, 5.74) is 4.75. The fourth-order valence-electron chi connectivity index (χ4n) is 6.21. The topological polar surface area (TPSA) is 128 Å². The van der Waals surface area contributed by atoms with Gasteiger partial charge in [0.15, 0.2) is 0 Å². The highest BCUT2D eigenvalue weighted by Crippen LogP contribution is 2.35. The summed E-state index contributed by atoms with van der Waals surface area (Å²) < 4.78 is 6.08. The number of amides is 2. The molecule has 2 aromatic carbocycles. The summed E-state index contributed by atoms with van der Waals surface area (Å²) in [4.78, 5) is 23.7. The van der Waals surface area contributed by atoms with Gasteiger partial charge in [0, 0.05) is 6.42 Å². The zero-order valence-electron chi connectivity index (χ0n) is 24.4. The lowest BCUT2D eigenvalue weighted by Crippen LogP contribution is -2.59. The van der Waals surface area contributed by atoms with E-state index in [9.17, 15) is 24.9 Å². The van der Waals surface area contributed by atoms with Crippen LogP contribution in [-0.4, -0.2) is 57.7 Å². The van der Waals surface area contributed by atoms with E-state index < -0.39 is 36.2 Å². The van der Waals surface area contributed by atoms with Crippen LogP contribution in [-0.2, 0) is 27.2 Å². The maximum atomic E-state index is 12.6. The molecule has 0 spiro atoms. The molecule has 41 heavy (non-hydrogen) atoms. The van der Waals surface area contributed by atoms with Crippen molar-refractivity contribution in [2.45, 2.75) is 121 Å². The number of aliphatic hydroxyl groups is 3. The normalized spacial score (nSPS) is 25.8. The maximum absolute atomic E-state index is 12.6. The number of carbonyl (C=O) groups excluding carboxylic acids is 2. The molecule has 2 amide bonds. The van der Waals surface area contributed by atoms with Crippen LogP contribution >= 0.6 is 0 Å². The van der Waals surface area contributed by atoms with Gasteiger partial charge >= 0.3 is 0 Å². The molecule has 1 aliphatic carbocycles. The summed E-state index contributed by atoms with van der Waals surface area (Å²) in [6.45, 7) is 4.05. The third-order valence-electron chi connectivity index (χ3n) is 8.70. The molecule has 2 aromatic rings. The minimum absolute atomic E-state index is 0.0247. The van der Waals surface area contributed by atoms with Gasteiger partial charge in [-0.3, -0.25) is 9.59 Å². The van der Waals surface area contributed by atoms with Gasteiger partial charge in [-0.25, -0.2) is 0 Å². The van der Waals surface area contributed by atoms with Gasteiger partial charge in [0.25, 0.3) is 0 Å². The molecule has 4 rings (SSSR count). The van der Waals surface area contributed by atoms with Gasteiger partial charge in [-0.2, -0.15) is 0 Å². The third-order valence-corrected chi connectivity index (χ3v) is 8.70. The molecule has 1 aliphatic heterocycles. The first-order valence-electron chi connectivity index (χ1n) is 15.1. The zero-order chi connectivity index (χ0) is 29.4. The molecule has 2 aliphatic rings. The van der Waals surface area contributed by atoms with Crippen molar-refractivity contribution in [3.8, 4) is 0 Å². The Bertz CT molecular complexity index is 1150. The number of ether oxygens (including phenoxy) is 1. The molecule has 2 fully saturated rings. The highest BCUT2D eigenvalue weighted by atomic mass is 16.5. The van der Waals surface area contributed by atoms with Crippen molar-refractivity contribution in [3.63, 3.8) is 0 Å². The molecule has 8 nitrogen and oxygen atoms in total. The summed E-state index contributed by atoms with van der Waals surface area (Å²) in [5.74, 6) is -0.0247. The maximum Gasteiger partial charge on any atom is 0.221 e. The van der Waals surface area contributed by atoms with E-state index in [4.69, 9.17) is 4.74 Å². The Morgan fingerprint density at radius 2 is 1.71 bits per heavy atom. The number of benzene rings is 2. The average Bonchev–Trinajstić information content (AvgIpc) is 2.96. The number of aliphatic hydroxyl groups excluding tert-OH is 3. The predicted octanol–water partition coefficient (Wildman–Crippen LogP) is 3.75. The SMILES string of the molecule is CCC[C@H]1O[C@@H](c2ccc(C)c(Cc3ccc(CCCC(=O)NC4(NC=O)CCCCC4)cc3)c2)[C@H](O)[C@@H](O)[C@@H]1O. The Morgan fingerprint density at radius 1 is 1.00 bits per heavy atom. The highest BCUT2D eigenvalue weighted by molar-refractivity contribution is 5.77. The Hall–Kier alpha value is -2.78. The second kappa shape index (κ2) is 14.4. The molecule has 0 radical (unpaired) electrons. The molecule has 5 atom stereocenters. The van der Waals surface area contributed by atoms with Gasteiger partial charge in [-0.15, -0.1) is 0 Å². The fraction of sp³-hybridized carbons (Fsp3) is 0.576. The first-order valence-corrected chi connectivity index (χ1v) is 15.1. The quantitative estimate of drug-likeness (QED) is 0.197. The summed E-state index contributed by atoms with van der Waals surface area (Å²) in [6, 6.07) is 14.4. The molecule has 5 N–H and O–H groups in total. The van der Waals surface area contributed by atoms with Crippen molar-refractivity contribution in [2.75, 3.05) is 0 Å². The van der Waals surface area contributed by atoms with Crippen LogP contribution in [0.3, 0.4) is 0 Å². The van der Waals surface area contributed by atoms with Crippen molar-refractivity contribution in [2.24, 2.45) is 0 Å². The first-order chi connectivity index (χ1) is 19.7. The van der Waals surface area contributed by atoms with Gasteiger partial charge in [-0.1, -0.05) is 62.2 Å². The van der Waals surface area contributed by atoms with Crippen molar-refractivity contribution < 1.29 is 29.6 Å². The average molecular weight is 567 g/mol. The van der Waals surface area contributed by atoms with Crippen molar-refractivity contribution in [1.82, 2.24) is 10.6 Å². The smallest absolute Gasteiger partial charge is 0.221 e. The van der Waals surface area contributed by atoms with Crippen molar-refractivity contribution in [3.05, 3.63) is 70.3 Å². The minimum Gasteiger partial charge on any atom is -0.388 e. The highest BCUT2D eigenvalue weighted by Gasteiger charge is 2.43. The van der Waals surface area contributed by atoms with E-state index in [1.54, 1.807) is 0 Å². The summed E-state index contributed by atoms with van der Waals surface area (Å²) >= 11 is 0. The Morgan fingerprint density at radius 3 is 2.39 bits per heavy atom. The van der Waals surface area contributed by atoms with E-state index in [2.05, 4.69) is 41.8 Å². The number of hydrogen-bond acceptors (Lipinski definition) is 6. The lowest BCUT2D eigenvalue weighted by Gasteiger charge is -2.41. The molecule has 0 aromatic heterocycles. The van der Waals surface area contributed by atoms with Crippen LogP contribution in [0.1, 0.15) is 98.6 Å². The molecule has 224 valence electrons. The van der Waals surface area contributed by atoms with Gasteiger partial charge in [0.05, 0.1) is 6.10 Å². The van der Waals surface area contributed by atoms with Gasteiger partial charge < -0.3 is 30.7 Å². The first kappa shape index (κ1) is 31.2. The van der Waals surface area contributed by atoms with Crippen LogP contribution in [0.15, 0.2) is 42.5 Å². The number of carbonyl (C=O) groups is 2. The lowest BCUT2D eigenvalue weighted by atomic mass is 9.88. The summed E-state index contributed by atoms with van der Waals surface area (Å²) in [5, 5.41) is 37.4. The third kappa shape index (κ3) is 7.95. The Kier molecular flexibility index (Phi) is 10.9. The standard InChI is InChI=1S/C33H46N2O6/c1-3-8-27-29(38)30(39)31(40)32(41-27)25-16-11-22(2)26(20-25)19-24-14-12-23(13-15-24)9-7-10-28(37)35-33(34-21-36)17-5-4-6-18-33/h11-16,20-21,27,29-32,38-40H,3-10,17-19H2,1-2H3,(H,34,36)(H,35,37)/t27-,29-,30+,31-,32+/m1/s1. The molecule has 1 heterocycles. The van der Waals surface area contributed by atoms with Crippen LogP contribution in [0.5, 0.6) is 0 Å². The van der Waals surface area contributed by atoms with E-state index >= 15 is 0 Å². The fourth-order valence-corrected chi connectivity index (χ4v) is 6.21. The summed E-state index contributed by atoms with van der Waals surface area (Å²) in [7, 11) is 0. The van der Waals surface area contributed by atoms with E-state index in [1.807, 2.05) is 25.1 Å². The Balaban J connectivity index is 1.33. The van der Waals surface area contributed by atoms with Gasteiger partial charge in [0.1, 0.15) is 30.1 Å². The molecule has 0 bridgehead atoms. The minimum atomic E-state index is -1.25. The van der Waals surface area contributed by atoms with E-state index in [0.29, 0.717) is 25.7 Å². The number of aryl methyl sites for hydroxylation is 2. The number of hydrogen-bond donors (Lipinski definition) is 5. The van der Waals surface area contributed by atoms with E-state index in [-0.39, 0.29) is 5.91 Å². The van der Waals surface area contributed by atoms with E-state index in [0.717, 1.165) is 73.6 Å². The van der Waals surface area contributed by atoms with Crippen LogP contribution < -0.4 is 10.6 Å². The second-order valence-electron chi connectivity index (χ2n) is 11.8. The van der Waals surface area contributed by atoms with Crippen LogP contribution in [0.25, 0.3) is 0 Å². The van der Waals surface area contributed by atoms with Crippen LogP contribution in [0.2, 0.25) is 0 Å². The second-order valence-corrected chi connectivity index (χ2v) is 11.8. The lowest BCUT2D eigenvalue weighted by molar-refractivity contribution is -0.226. The summed E-state index contributed by atoms with van der Waals surface area (Å²) in [6.07, 6.45) is 4.65. The largest absolute Gasteiger partial charge is 0.388 e. The molecule has 0 unspecified atom stereocenters. The van der Waals surface area contributed by atoms with Crippen LogP contribution in [0, 0.1) is 6.92 Å². The molecular formula is C33H46N2O6. The van der Waals surface area contributed by atoms with Crippen molar-refractivity contribution in [1.29, 1.82) is 0 Å². The van der Waals surface area contributed by atoms with E-state index in [1.165, 1.54) is 5.56 Å². The molecule has 1 saturated carbocycles. The zero-order valence-corrected chi connectivity index (χ0v) is 24.4. The van der Waals surface area contributed by atoms with Gasteiger partial charge in [0.2, 0.25) is 12.3 Å². The molecular weight excluding hydrogens is 520 g/mol.